The second-order valence-electron chi connectivity index (χ2n) is 11.0. The highest BCUT2D eigenvalue weighted by molar-refractivity contribution is 8.25. The van der Waals surface area contributed by atoms with Gasteiger partial charge in [0.2, 0.25) is 0 Å². The average Bonchev–Trinajstić information content (AvgIpc) is 3.50. The fraction of sp³-hybridized carbons (Fsp3) is 0.688. The quantitative estimate of drug-likeness (QED) is 0.161. The van der Waals surface area contributed by atoms with Crippen molar-refractivity contribution in [3.63, 3.8) is 0 Å². The molecule has 40 heavy (non-hydrogen) atoms. The van der Waals surface area contributed by atoms with E-state index >= 15 is 0 Å². The topological polar surface area (TPSA) is 59.1 Å². The number of ether oxygens (including phenoxy) is 2. The Kier molecular flexibility index (Phi) is 11.2. The summed E-state index contributed by atoms with van der Waals surface area (Å²) in [6.07, 6.45) is 11.9. The van der Waals surface area contributed by atoms with E-state index in [9.17, 15) is 9.59 Å². The van der Waals surface area contributed by atoms with E-state index in [-0.39, 0.29) is 24.0 Å². The molecule has 1 aliphatic carbocycles. The predicted octanol–water partition coefficient (Wildman–Crippen LogP) is 8.30. The standard InChI is InChI=1S/C32H48N2O4S2/c1-7-13-19-33-30(35)25(31(36)34(33)20-14-8-2)32-39-28-26(37-21(9-3)10-4)23-17-15-16-18-24(23)27(29(28)40-32)38-22(11-5)12-6/h21-22H,7-20H2,1-6H3. The molecule has 3 aliphatic rings. The van der Waals surface area contributed by atoms with Gasteiger partial charge in [0.25, 0.3) is 11.8 Å². The zero-order valence-electron chi connectivity index (χ0n) is 25.4. The molecule has 1 fully saturated rings. The summed E-state index contributed by atoms with van der Waals surface area (Å²) in [5.41, 5.74) is 2.86. The largest absolute Gasteiger partial charge is 0.489 e. The van der Waals surface area contributed by atoms with E-state index in [0.717, 1.165) is 103 Å². The van der Waals surface area contributed by atoms with Crippen LogP contribution in [0.4, 0.5) is 0 Å². The summed E-state index contributed by atoms with van der Waals surface area (Å²) in [7, 11) is 0. The van der Waals surface area contributed by atoms with Crippen molar-refractivity contribution in [2.24, 2.45) is 0 Å². The van der Waals surface area contributed by atoms with Gasteiger partial charge in [-0.2, -0.15) is 0 Å². The number of unbranched alkanes of at least 4 members (excludes halogenated alkanes) is 2. The van der Waals surface area contributed by atoms with Crippen LogP contribution in [0.2, 0.25) is 0 Å². The van der Waals surface area contributed by atoms with E-state index < -0.39 is 0 Å². The number of benzene rings is 1. The van der Waals surface area contributed by atoms with Gasteiger partial charge in [-0.05, 0) is 64.2 Å². The van der Waals surface area contributed by atoms with Gasteiger partial charge in [0.15, 0.2) is 0 Å². The zero-order chi connectivity index (χ0) is 28.8. The molecule has 0 atom stereocenters. The summed E-state index contributed by atoms with van der Waals surface area (Å²) in [6, 6.07) is 0. The van der Waals surface area contributed by atoms with E-state index in [1.165, 1.54) is 11.1 Å². The van der Waals surface area contributed by atoms with Crippen LogP contribution >= 0.6 is 23.5 Å². The van der Waals surface area contributed by atoms with Gasteiger partial charge < -0.3 is 9.47 Å². The molecule has 6 nitrogen and oxygen atoms in total. The third-order valence-electron chi connectivity index (χ3n) is 8.25. The molecule has 1 aromatic carbocycles. The second kappa shape index (κ2) is 14.4. The van der Waals surface area contributed by atoms with Gasteiger partial charge in [-0.3, -0.25) is 9.59 Å². The minimum absolute atomic E-state index is 0.132. The maximum absolute atomic E-state index is 13.8. The van der Waals surface area contributed by atoms with Crippen molar-refractivity contribution in [3.8, 4) is 11.5 Å². The number of amides is 2. The Morgan fingerprint density at radius 1 is 0.675 bits per heavy atom. The molecule has 0 bridgehead atoms. The van der Waals surface area contributed by atoms with Crippen LogP contribution in [0.1, 0.15) is 117 Å². The highest BCUT2D eigenvalue weighted by atomic mass is 32.2. The van der Waals surface area contributed by atoms with Crippen LogP contribution in [-0.2, 0) is 22.4 Å². The first-order valence-corrected chi connectivity index (χ1v) is 17.3. The number of hydrogen-bond donors (Lipinski definition) is 0. The molecule has 2 heterocycles. The zero-order valence-corrected chi connectivity index (χ0v) is 27.0. The molecule has 8 heteroatoms. The van der Waals surface area contributed by atoms with Gasteiger partial charge in [0.1, 0.15) is 17.1 Å². The molecule has 0 N–H and O–H groups in total. The number of carbonyl (C=O) groups excluding carboxylic acids is 2. The van der Waals surface area contributed by atoms with Crippen LogP contribution in [0.3, 0.4) is 0 Å². The van der Waals surface area contributed by atoms with Crippen LogP contribution in [0.25, 0.3) is 0 Å². The average molecular weight is 589 g/mol. The molecule has 2 amide bonds. The Morgan fingerprint density at radius 2 is 1.07 bits per heavy atom. The lowest BCUT2D eigenvalue weighted by Gasteiger charge is -2.29. The lowest BCUT2D eigenvalue weighted by atomic mass is 9.90. The number of fused-ring (bicyclic) bond motifs is 2. The Balaban J connectivity index is 1.84. The predicted molar refractivity (Wildman–Crippen MR) is 165 cm³/mol. The van der Waals surface area contributed by atoms with Gasteiger partial charge in [0, 0.05) is 24.2 Å². The summed E-state index contributed by atoms with van der Waals surface area (Å²) in [6.45, 7) is 14.1. The number of rotatable bonds is 14. The van der Waals surface area contributed by atoms with Crippen LogP contribution in [-0.4, -0.2) is 47.1 Å². The normalized spacial score (nSPS) is 17.0. The van der Waals surface area contributed by atoms with E-state index in [4.69, 9.17) is 9.47 Å². The molecule has 222 valence electrons. The van der Waals surface area contributed by atoms with Gasteiger partial charge in [-0.25, -0.2) is 10.0 Å². The van der Waals surface area contributed by atoms with Crippen molar-refractivity contribution in [1.82, 2.24) is 10.0 Å². The molecule has 1 aromatic rings. The Hall–Kier alpha value is -1.80. The highest BCUT2D eigenvalue weighted by Gasteiger charge is 2.45. The van der Waals surface area contributed by atoms with Gasteiger partial charge in [0.05, 0.1) is 26.2 Å². The third kappa shape index (κ3) is 6.18. The molecular formula is C32H48N2O4S2. The second-order valence-corrected chi connectivity index (χ2v) is 13.3. The fourth-order valence-electron chi connectivity index (χ4n) is 5.68. The Bertz CT molecular complexity index is 1030. The molecular weight excluding hydrogens is 540 g/mol. The van der Waals surface area contributed by atoms with E-state index in [0.29, 0.717) is 18.7 Å². The van der Waals surface area contributed by atoms with Crippen LogP contribution < -0.4 is 9.47 Å². The SMILES string of the molecule is CCCCN1C(=O)C(=C2Sc3c(OC(CC)CC)c4c(c(OC(CC)CC)c3S2)CCCC4)C(=O)N1CCCC. The summed E-state index contributed by atoms with van der Waals surface area (Å²) < 4.78 is 14.3. The third-order valence-corrected chi connectivity index (χ3v) is 10.8. The monoisotopic (exact) mass is 588 g/mol. The lowest BCUT2D eigenvalue weighted by Crippen LogP contribution is -2.42. The maximum Gasteiger partial charge on any atom is 0.279 e. The van der Waals surface area contributed by atoms with Crippen molar-refractivity contribution >= 4 is 35.3 Å². The molecule has 0 saturated carbocycles. The van der Waals surface area contributed by atoms with Crippen molar-refractivity contribution in [2.75, 3.05) is 13.1 Å². The highest BCUT2D eigenvalue weighted by Crippen LogP contribution is 2.62. The molecule has 2 aliphatic heterocycles. The van der Waals surface area contributed by atoms with Crippen LogP contribution in [0.15, 0.2) is 19.6 Å². The minimum Gasteiger partial charge on any atom is -0.489 e. The van der Waals surface area contributed by atoms with E-state index in [2.05, 4.69) is 41.5 Å². The molecule has 1 saturated heterocycles. The first-order valence-electron chi connectivity index (χ1n) is 15.7. The molecule has 0 spiro atoms. The summed E-state index contributed by atoms with van der Waals surface area (Å²) in [4.78, 5) is 29.7. The Labute approximate surface area is 249 Å². The van der Waals surface area contributed by atoms with Crippen LogP contribution in [0, 0.1) is 0 Å². The molecule has 0 aromatic heterocycles. The fourth-order valence-corrected chi connectivity index (χ4v) is 8.42. The number of carbonyl (C=O) groups is 2. The Morgan fingerprint density at radius 3 is 1.43 bits per heavy atom. The van der Waals surface area contributed by atoms with Crippen LogP contribution in [0.5, 0.6) is 11.5 Å². The molecule has 0 unspecified atom stereocenters. The van der Waals surface area contributed by atoms with Gasteiger partial charge >= 0.3 is 0 Å². The minimum atomic E-state index is -0.160. The van der Waals surface area contributed by atoms with Crippen molar-refractivity contribution in [1.29, 1.82) is 0 Å². The number of hydrogen-bond acceptors (Lipinski definition) is 6. The van der Waals surface area contributed by atoms with Crippen molar-refractivity contribution < 1.29 is 19.1 Å². The smallest absolute Gasteiger partial charge is 0.279 e. The summed E-state index contributed by atoms with van der Waals surface area (Å²) in [5, 5.41) is 3.39. The first-order chi connectivity index (χ1) is 19.4. The van der Waals surface area contributed by atoms with Gasteiger partial charge in [-0.15, -0.1) is 0 Å². The van der Waals surface area contributed by atoms with E-state index in [1.807, 2.05) is 0 Å². The first kappa shape index (κ1) is 31.1. The number of nitrogens with zero attached hydrogens (tertiary/aromatic N) is 2. The number of thioether (sulfide) groups is 2. The van der Waals surface area contributed by atoms with Gasteiger partial charge in [-0.1, -0.05) is 77.9 Å². The maximum atomic E-state index is 13.8. The molecule has 4 rings (SSSR count). The summed E-state index contributed by atoms with van der Waals surface area (Å²) in [5.74, 6) is 1.61. The van der Waals surface area contributed by atoms with Crippen molar-refractivity contribution in [3.05, 3.63) is 20.9 Å². The van der Waals surface area contributed by atoms with Crippen molar-refractivity contribution in [2.45, 2.75) is 141 Å². The molecule has 0 radical (unpaired) electrons. The summed E-state index contributed by atoms with van der Waals surface area (Å²) >= 11 is 3.11. The number of hydrazine groups is 1. The lowest BCUT2D eigenvalue weighted by molar-refractivity contribution is -0.147. The van der Waals surface area contributed by atoms with E-state index in [1.54, 1.807) is 33.5 Å².